The predicted octanol–water partition coefficient (Wildman–Crippen LogP) is 5.24. The second-order valence-corrected chi connectivity index (χ2v) is 11.4. The summed E-state index contributed by atoms with van der Waals surface area (Å²) >= 11 is 0. The molecule has 2 saturated carbocycles. The number of carbonyl (C=O) groups excluding carboxylic acids is 1. The molecule has 2 fully saturated rings. The predicted molar refractivity (Wildman–Crippen MR) is 127 cm³/mol. The van der Waals surface area contributed by atoms with Crippen LogP contribution in [0, 0.1) is 5.82 Å². The second kappa shape index (κ2) is 9.51. The second-order valence-electron chi connectivity index (χ2n) is 9.46. The zero-order valence-corrected chi connectivity index (χ0v) is 20.4. The average Bonchev–Trinajstić information content (AvgIpc) is 3.73. The fourth-order valence-corrected chi connectivity index (χ4v) is 5.45. The smallest absolute Gasteiger partial charge is 0.416 e. The molecule has 0 unspecified atom stereocenters. The highest BCUT2D eigenvalue weighted by Gasteiger charge is 2.38. The van der Waals surface area contributed by atoms with E-state index in [9.17, 15) is 30.8 Å². The van der Waals surface area contributed by atoms with Crippen molar-refractivity contribution in [1.29, 1.82) is 0 Å². The molecule has 1 N–H and O–H groups in total. The Hall–Kier alpha value is -3.34. The number of benzene rings is 2. The van der Waals surface area contributed by atoms with Gasteiger partial charge in [0.2, 0.25) is 10.0 Å². The van der Waals surface area contributed by atoms with Crippen molar-refractivity contribution in [1.82, 2.24) is 9.62 Å². The molecule has 5 rings (SSSR count). The zero-order chi connectivity index (χ0) is 26.4. The lowest BCUT2D eigenvalue weighted by molar-refractivity contribution is -0.137. The summed E-state index contributed by atoms with van der Waals surface area (Å²) in [5, 5.41) is -0.594. The molecule has 2 aromatic carbocycles. The van der Waals surface area contributed by atoms with Gasteiger partial charge in [-0.2, -0.15) is 13.2 Å². The largest absolute Gasteiger partial charge is 0.458 e. The van der Waals surface area contributed by atoms with Crippen LogP contribution in [0.15, 0.2) is 60.5 Å². The maximum Gasteiger partial charge on any atom is 0.416 e. The quantitative estimate of drug-likeness (QED) is 0.468. The average molecular weight is 537 g/mol. The molecular weight excluding hydrogens is 512 g/mol. The number of rotatable bonds is 8. The summed E-state index contributed by atoms with van der Waals surface area (Å²) in [5.41, 5.74) is 0.394. The number of hydrogen-bond acceptors (Lipinski definition) is 5. The Balaban J connectivity index is 1.27. The van der Waals surface area contributed by atoms with Crippen LogP contribution >= 0.6 is 0 Å². The van der Waals surface area contributed by atoms with Crippen LogP contribution in [0.5, 0.6) is 5.75 Å². The van der Waals surface area contributed by atoms with E-state index in [1.165, 1.54) is 24.3 Å². The van der Waals surface area contributed by atoms with Crippen LogP contribution in [-0.2, 0) is 22.7 Å². The van der Waals surface area contributed by atoms with Gasteiger partial charge in [0, 0.05) is 19.3 Å². The standard InChI is InChI=1S/C26H24F4N2O4S/c27-24-12-17(22(16-4-5-16)14-23(24)25(33)31-37(34,35)21-6-7-21)15-32-10-8-19(9-11-32)36-20-3-1-2-18(13-20)26(28,29)30/h1-3,8-10,12-14,16,21H,4-7,11,15H2,(H,31,33). The summed E-state index contributed by atoms with van der Waals surface area (Å²) in [6, 6.07) is 7.34. The van der Waals surface area contributed by atoms with Gasteiger partial charge in [-0.3, -0.25) is 4.79 Å². The summed E-state index contributed by atoms with van der Waals surface area (Å²) in [6.45, 7) is 0.702. The number of amides is 1. The molecule has 3 aliphatic rings. The molecular formula is C26H24F4N2O4S. The van der Waals surface area contributed by atoms with Crippen LogP contribution in [0.1, 0.15) is 58.6 Å². The number of nitrogens with one attached hydrogen (secondary N) is 1. The normalized spacial score (nSPS) is 17.9. The third-order valence-corrected chi connectivity index (χ3v) is 8.25. The van der Waals surface area contributed by atoms with Crippen molar-refractivity contribution in [3.8, 4) is 5.75 Å². The topological polar surface area (TPSA) is 75.7 Å². The molecule has 2 aromatic rings. The molecule has 1 amide bonds. The monoisotopic (exact) mass is 536 g/mol. The first-order valence-electron chi connectivity index (χ1n) is 11.9. The van der Waals surface area contributed by atoms with Crippen LogP contribution in [0.4, 0.5) is 17.6 Å². The molecule has 0 atom stereocenters. The third kappa shape index (κ3) is 5.98. The van der Waals surface area contributed by atoms with Gasteiger partial charge < -0.3 is 9.64 Å². The van der Waals surface area contributed by atoms with Gasteiger partial charge in [-0.05, 0) is 85.2 Å². The molecule has 1 aliphatic heterocycles. The number of hydrogen-bond donors (Lipinski definition) is 1. The Morgan fingerprint density at radius 2 is 1.86 bits per heavy atom. The lowest BCUT2D eigenvalue weighted by Gasteiger charge is -2.24. The van der Waals surface area contributed by atoms with Gasteiger partial charge in [-0.1, -0.05) is 6.07 Å². The Bertz CT molecular complexity index is 1390. The van der Waals surface area contributed by atoms with Crippen molar-refractivity contribution in [2.75, 3.05) is 6.54 Å². The van der Waals surface area contributed by atoms with Crippen molar-refractivity contribution in [2.24, 2.45) is 0 Å². The SMILES string of the molecule is O=C(NS(=O)(=O)C1CC1)c1cc(C2CC2)c(CN2C=CC(Oc3cccc(C(F)(F)F)c3)=CC2)cc1F. The van der Waals surface area contributed by atoms with E-state index in [1.54, 1.807) is 18.4 Å². The van der Waals surface area contributed by atoms with E-state index in [0.717, 1.165) is 30.5 Å². The summed E-state index contributed by atoms with van der Waals surface area (Å²) in [6.07, 6.45) is 3.32. The van der Waals surface area contributed by atoms with Gasteiger partial charge in [0.1, 0.15) is 17.3 Å². The van der Waals surface area contributed by atoms with E-state index < -0.39 is 38.7 Å². The van der Waals surface area contributed by atoms with E-state index in [1.807, 2.05) is 9.62 Å². The molecule has 1 heterocycles. The van der Waals surface area contributed by atoms with Crippen LogP contribution in [0.2, 0.25) is 0 Å². The molecule has 0 bridgehead atoms. The minimum absolute atomic E-state index is 0.0647. The third-order valence-electron chi connectivity index (χ3n) is 6.44. The first-order chi connectivity index (χ1) is 17.5. The van der Waals surface area contributed by atoms with Crippen molar-refractivity contribution in [2.45, 2.75) is 49.6 Å². The van der Waals surface area contributed by atoms with E-state index in [0.29, 0.717) is 37.3 Å². The van der Waals surface area contributed by atoms with Gasteiger partial charge >= 0.3 is 6.18 Å². The number of carbonyl (C=O) groups is 1. The van der Waals surface area contributed by atoms with Gasteiger partial charge in [0.25, 0.3) is 5.91 Å². The van der Waals surface area contributed by atoms with E-state index in [-0.39, 0.29) is 17.2 Å². The summed E-state index contributed by atoms with van der Waals surface area (Å²) in [7, 11) is -3.80. The van der Waals surface area contributed by atoms with Crippen molar-refractivity contribution < 1.29 is 35.5 Å². The highest BCUT2D eigenvalue weighted by atomic mass is 32.2. The fraction of sp³-hybridized carbons (Fsp3) is 0.346. The maximum atomic E-state index is 14.9. The summed E-state index contributed by atoms with van der Waals surface area (Å²) < 4.78 is 85.5. The summed E-state index contributed by atoms with van der Waals surface area (Å²) in [5.74, 6) is -1.14. The molecule has 2 aliphatic carbocycles. The lowest BCUT2D eigenvalue weighted by atomic mass is 9.98. The van der Waals surface area contributed by atoms with E-state index in [2.05, 4.69) is 0 Å². The highest BCUT2D eigenvalue weighted by Crippen LogP contribution is 2.43. The number of nitrogens with zero attached hydrogens (tertiary/aromatic N) is 1. The molecule has 6 nitrogen and oxygen atoms in total. The van der Waals surface area contributed by atoms with E-state index in [4.69, 9.17) is 4.74 Å². The van der Waals surface area contributed by atoms with Crippen LogP contribution in [-0.4, -0.2) is 31.0 Å². The van der Waals surface area contributed by atoms with E-state index >= 15 is 0 Å². The Labute approximate surface area is 211 Å². The molecule has 37 heavy (non-hydrogen) atoms. The number of ether oxygens (including phenoxy) is 1. The van der Waals surface area contributed by atoms with Gasteiger partial charge in [-0.25, -0.2) is 17.5 Å². The van der Waals surface area contributed by atoms with Crippen LogP contribution < -0.4 is 9.46 Å². The van der Waals surface area contributed by atoms with Gasteiger partial charge in [-0.15, -0.1) is 0 Å². The maximum absolute atomic E-state index is 14.9. The van der Waals surface area contributed by atoms with Gasteiger partial charge in [0.15, 0.2) is 0 Å². The lowest BCUT2D eigenvalue weighted by Crippen LogP contribution is -2.34. The molecule has 0 saturated heterocycles. The molecule has 11 heteroatoms. The number of allylic oxidation sites excluding steroid dienone is 1. The highest BCUT2D eigenvalue weighted by molar-refractivity contribution is 7.91. The Morgan fingerprint density at radius 3 is 2.49 bits per heavy atom. The van der Waals surface area contributed by atoms with Crippen molar-refractivity contribution in [3.05, 3.63) is 88.6 Å². The molecule has 196 valence electrons. The van der Waals surface area contributed by atoms with Crippen molar-refractivity contribution >= 4 is 15.9 Å². The minimum Gasteiger partial charge on any atom is -0.458 e. The Morgan fingerprint density at radius 1 is 1.11 bits per heavy atom. The van der Waals surface area contributed by atoms with Crippen LogP contribution in [0.3, 0.4) is 0 Å². The number of halogens is 4. The minimum atomic E-state index is -4.47. The summed E-state index contributed by atoms with van der Waals surface area (Å²) in [4.78, 5) is 14.4. The first kappa shape index (κ1) is 25.3. The zero-order valence-electron chi connectivity index (χ0n) is 19.6. The first-order valence-corrected chi connectivity index (χ1v) is 13.4. The Kier molecular flexibility index (Phi) is 6.51. The number of alkyl halides is 3. The molecule has 0 spiro atoms. The molecule has 0 radical (unpaired) electrons. The van der Waals surface area contributed by atoms with Gasteiger partial charge in [0.05, 0.1) is 16.4 Å². The molecule has 0 aromatic heterocycles. The number of sulfonamides is 1. The van der Waals surface area contributed by atoms with Crippen LogP contribution in [0.25, 0.3) is 0 Å². The van der Waals surface area contributed by atoms with Crippen molar-refractivity contribution in [3.63, 3.8) is 0 Å². The fourth-order valence-electron chi connectivity index (χ4n) is 4.16.